The summed E-state index contributed by atoms with van der Waals surface area (Å²) >= 11 is 0. The minimum atomic E-state index is -2.51. The molecule has 0 bridgehead atoms. The maximum absolute atomic E-state index is 12.9. The Kier molecular flexibility index (Phi) is 4.75. The summed E-state index contributed by atoms with van der Waals surface area (Å²) < 4.78 is 27.0. The van der Waals surface area contributed by atoms with E-state index in [0.717, 1.165) is 42.3 Å². The van der Waals surface area contributed by atoms with Crippen LogP contribution in [0.15, 0.2) is 30.6 Å². The number of hydrogen-bond donors (Lipinski definition) is 2. The zero-order valence-corrected chi connectivity index (χ0v) is 18.6. The summed E-state index contributed by atoms with van der Waals surface area (Å²) in [5.74, 6) is 0.791. The third-order valence-corrected chi connectivity index (χ3v) is 7.00. The van der Waals surface area contributed by atoms with Crippen molar-refractivity contribution in [3.05, 3.63) is 30.6 Å². The quantitative estimate of drug-likeness (QED) is 0.450. The van der Waals surface area contributed by atoms with Gasteiger partial charge in [0.2, 0.25) is 11.9 Å². The average molecular weight is 466 g/mol. The van der Waals surface area contributed by atoms with E-state index in [1.165, 1.54) is 4.68 Å². The second-order valence-corrected chi connectivity index (χ2v) is 9.42. The number of fused-ring (bicyclic) bond motifs is 2. The Morgan fingerprint density at radius 2 is 2.18 bits per heavy atom. The predicted octanol–water partition coefficient (Wildman–Crippen LogP) is 3.59. The Morgan fingerprint density at radius 1 is 1.32 bits per heavy atom. The normalized spacial score (nSPS) is 22.8. The van der Waals surface area contributed by atoms with Crippen molar-refractivity contribution in [1.29, 1.82) is 0 Å². The van der Waals surface area contributed by atoms with Gasteiger partial charge in [-0.3, -0.25) is 4.79 Å². The molecule has 1 aliphatic heterocycles. The van der Waals surface area contributed by atoms with Crippen LogP contribution in [0.2, 0.25) is 0 Å². The average Bonchev–Trinajstić information content (AvgIpc) is 3.50. The summed E-state index contributed by atoms with van der Waals surface area (Å²) in [6.45, 7) is 2.49. The van der Waals surface area contributed by atoms with Gasteiger partial charge in [-0.15, -0.1) is 5.10 Å². The fourth-order valence-electron chi connectivity index (χ4n) is 5.34. The number of carbonyl (C=O) groups excluding carboxylic acids is 1. The zero-order chi connectivity index (χ0) is 23.4. The molecule has 9 nitrogen and oxygen atoms in total. The van der Waals surface area contributed by atoms with Crippen LogP contribution < -0.4 is 5.32 Å². The second kappa shape index (κ2) is 7.71. The van der Waals surface area contributed by atoms with Gasteiger partial charge in [-0.05, 0) is 43.9 Å². The topological polar surface area (TPSA) is 105 Å². The van der Waals surface area contributed by atoms with E-state index in [0.29, 0.717) is 29.0 Å². The Hall–Kier alpha value is -3.63. The molecule has 1 amide bonds. The van der Waals surface area contributed by atoms with Gasteiger partial charge in [0.15, 0.2) is 0 Å². The number of H-pyrrole nitrogens is 1. The molecule has 1 aliphatic carbocycles. The van der Waals surface area contributed by atoms with Gasteiger partial charge in [0, 0.05) is 47.9 Å². The number of nitrogens with one attached hydrogen (secondary N) is 2. The van der Waals surface area contributed by atoms with Crippen molar-refractivity contribution < 1.29 is 13.6 Å². The summed E-state index contributed by atoms with van der Waals surface area (Å²) in [6, 6.07) is 5.68. The number of likely N-dealkylation sites (tertiary alicyclic amines) is 1. The molecule has 0 unspecified atom stereocenters. The van der Waals surface area contributed by atoms with Crippen LogP contribution in [0, 0.1) is 0 Å². The highest BCUT2D eigenvalue weighted by molar-refractivity contribution is 5.95. The van der Waals surface area contributed by atoms with Gasteiger partial charge in [0.1, 0.15) is 17.7 Å². The lowest BCUT2D eigenvalue weighted by Gasteiger charge is -2.51. The summed E-state index contributed by atoms with van der Waals surface area (Å²) in [5, 5.41) is 12.0. The molecule has 2 fully saturated rings. The molecule has 0 radical (unpaired) electrons. The largest absolute Gasteiger partial charge is 0.351 e. The van der Waals surface area contributed by atoms with Crippen LogP contribution in [-0.4, -0.2) is 65.3 Å². The molecule has 1 aromatic carbocycles. The zero-order valence-electron chi connectivity index (χ0n) is 18.6. The Labute approximate surface area is 193 Å². The number of anilines is 1. The van der Waals surface area contributed by atoms with Gasteiger partial charge in [-0.1, -0.05) is 11.3 Å². The van der Waals surface area contributed by atoms with E-state index in [-0.39, 0.29) is 17.5 Å². The number of aromatic nitrogens is 6. The van der Waals surface area contributed by atoms with Crippen LogP contribution in [0.5, 0.6) is 0 Å². The van der Waals surface area contributed by atoms with Crippen molar-refractivity contribution in [2.75, 3.05) is 11.9 Å². The lowest BCUT2D eigenvalue weighted by Crippen LogP contribution is -2.59. The van der Waals surface area contributed by atoms with Gasteiger partial charge >= 0.3 is 0 Å². The predicted molar refractivity (Wildman–Crippen MR) is 122 cm³/mol. The fourth-order valence-corrected chi connectivity index (χ4v) is 5.34. The van der Waals surface area contributed by atoms with Gasteiger partial charge in [0.25, 0.3) is 6.43 Å². The third kappa shape index (κ3) is 3.46. The minimum absolute atomic E-state index is 0.0840. The monoisotopic (exact) mass is 466 g/mol. The number of amides is 1. The molecule has 1 saturated heterocycles. The summed E-state index contributed by atoms with van der Waals surface area (Å²) in [5.41, 5.74) is 3.43. The number of nitrogens with zero attached hydrogens (tertiary/aromatic N) is 6. The molecule has 0 spiro atoms. The molecule has 2 aliphatic rings. The van der Waals surface area contributed by atoms with Gasteiger partial charge in [-0.25, -0.2) is 18.4 Å². The highest BCUT2D eigenvalue weighted by Gasteiger charge is 2.48. The van der Waals surface area contributed by atoms with Crippen molar-refractivity contribution in [2.45, 2.75) is 57.2 Å². The SMILES string of the molecule is CC1(N2CCCC2=O)CC(Nc2ncc3c(-c4ccc5nnn(CC(F)F)c5c4)c[nH]c3n2)C1. The maximum Gasteiger partial charge on any atom is 0.258 e. The first-order valence-corrected chi connectivity index (χ1v) is 11.4. The van der Waals surface area contributed by atoms with Crippen LogP contribution in [0.3, 0.4) is 0 Å². The molecule has 1 saturated carbocycles. The lowest BCUT2D eigenvalue weighted by molar-refractivity contribution is -0.136. The van der Waals surface area contributed by atoms with E-state index >= 15 is 0 Å². The minimum Gasteiger partial charge on any atom is -0.351 e. The third-order valence-electron chi connectivity index (χ3n) is 7.00. The Morgan fingerprint density at radius 3 is 2.94 bits per heavy atom. The molecule has 34 heavy (non-hydrogen) atoms. The van der Waals surface area contributed by atoms with Crippen molar-refractivity contribution in [2.24, 2.45) is 0 Å². The summed E-state index contributed by atoms with van der Waals surface area (Å²) in [7, 11) is 0. The van der Waals surface area contributed by atoms with Crippen LogP contribution >= 0.6 is 0 Å². The van der Waals surface area contributed by atoms with E-state index < -0.39 is 13.0 Å². The number of carbonyl (C=O) groups is 1. The maximum atomic E-state index is 12.9. The van der Waals surface area contributed by atoms with E-state index in [2.05, 4.69) is 37.5 Å². The number of rotatable bonds is 6. The van der Waals surface area contributed by atoms with E-state index in [1.807, 2.05) is 17.2 Å². The molecule has 176 valence electrons. The fraction of sp³-hybridized carbons (Fsp3) is 0.435. The number of benzene rings is 1. The molecule has 3 aromatic heterocycles. The highest BCUT2D eigenvalue weighted by atomic mass is 19.3. The highest BCUT2D eigenvalue weighted by Crippen LogP contribution is 2.41. The Balaban J connectivity index is 1.21. The first-order chi connectivity index (χ1) is 16.4. The van der Waals surface area contributed by atoms with Crippen molar-refractivity contribution in [3.63, 3.8) is 0 Å². The van der Waals surface area contributed by atoms with Gasteiger partial charge in [0.05, 0.1) is 5.52 Å². The summed E-state index contributed by atoms with van der Waals surface area (Å²) in [4.78, 5) is 26.4. The molecular formula is C23H24F2N8O. The summed E-state index contributed by atoms with van der Waals surface area (Å²) in [6.07, 6.45) is 4.43. The second-order valence-electron chi connectivity index (χ2n) is 9.42. The molecule has 2 N–H and O–H groups in total. The molecule has 4 heterocycles. The van der Waals surface area contributed by atoms with E-state index in [1.54, 1.807) is 18.3 Å². The van der Waals surface area contributed by atoms with E-state index in [4.69, 9.17) is 0 Å². The lowest BCUT2D eigenvalue weighted by atomic mass is 9.73. The number of halogens is 2. The first kappa shape index (κ1) is 20.9. The van der Waals surface area contributed by atoms with Crippen LogP contribution in [0.25, 0.3) is 33.2 Å². The molecule has 0 atom stereocenters. The van der Waals surface area contributed by atoms with E-state index in [9.17, 15) is 13.6 Å². The number of hydrogen-bond acceptors (Lipinski definition) is 6. The van der Waals surface area contributed by atoms with Gasteiger partial charge < -0.3 is 15.2 Å². The Bertz CT molecular complexity index is 1390. The smallest absolute Gasteiger partial charge is 0.258 e. The number of aromatic amines is 1. The van der Waals surface area contributed by atoms with Gasteiger partial charge in [-0.2, -0.15) is 4.98 Å². The molecule has 4 aromatic rings. The van der Waals surface area contributed by atoms with Crippen molar-refractivity contribution in [3.8, 4) is 11.1 Å². The standard InChI is InChI=1S/C23H24F2N8O/c1-23(32-6-2-3-20(32)34)8-14(9-23)28-22-27-11-16-15(10-26-21(16)29-22)13-4-5-17-18(7-13)33(31-30-17)12-19(24)25/h4-5,7,10-11,14,19H,2-3,6,8-9,12H2,1H3,(H2,26,27,28,29). The van der Waals surface area contributed by atoms with Crippen molar-refractivity contribution in [1.82, 2.24) is 34.8 Å². The van der Waals surface area contributed by atoms with Crippen molar-refractivity contribution >= 4 is 33.9 Å². The van der Waals surface area contributed by atoms with Crippen LogP contribution in [-0.2, 0) is 11.3 Å². The molecule has 6 rings (SSSR count). The molecular weight excluding hydrogens is 442 g/mol. The first-order valence-electron chi connectivity index (χ1n) is 11.4. The number of alkyl halides is 2. The van der Waals surface area contributed by atoms with Crippen LogP contribution in [0.1, 0.15) is 32.6 Å². The van der Waals surface area contributed by atoms with Crippen LogP contribution in [0.4, 0.5) is 14.7 Å². The molecule has 11 heteroatoms.